The summed E-state index contributed by atoms with van der Waals surface area (Å²) in [6, 6.07) is 11.2. The molecule has 1 aromatic heterocycles. The average molecular weight is 345 g/mol. The number of rotatable bonds is 5. The summed E-state index contributed by atoms with van der Waals surface area (Å²) in [4.78, 5) is 0. The lowest BCUT2D eigenvalue weighted by atomic mass is 9.90. The molecule has 25 heavy (non-hydrogen) atoms. The van der Waals surface area contributed by atoms with Crippen LogP contribution < -0.4 is 5.73 Å². The van der Waals surface area contributed by atoms with Crippen LogP contribution in [-0.4, -0.2) is 39.8 Å². The van der Waals surface area contributed by atoms with Crippen LogP contribution in [0.15, 0.2) is 34.9 Å². The third-order valence-corrected chi connectivity index (χ3v) is 4.45. The molecule has 132 valence electrons. The number of benzene rings is 1. The van der Waals surface area contributed by atoms with Gasteiger partial charge in [0, 0.05) is 0 Å². The average Bonchev–Trinajstić information content (AvgIpc) is 3.12. The number of anilines is 1. The van der Waals surface area contributed by atoms with Crippen molar-refractivity contribution in [2.75, 3.05) is 12.3 Å². The summed E-state index contributed by atoms with van der Waals surface area (Å²) in [5.41, 5.74) is 5.77. The SMILES string of the molecule is C[C@@]1(OCc2ccccc2)[C@H](O)C(CO)O[C@H]1c1noc(C#N)c1N. The molecule has 4 atom stereocenters. The van der Waals surface area contributed by atoms with Gasteiger partial charge in [-0.3, -0.25) is 0 Å². The number of ether oxygens (including phenoxy) is 2. The van der Waals surface area contributed by atoms with Crippen molar-refractivity contribution in [1.82, 2.24) is 5.16 Å². The zero-order valence-electron chi connectivity index (χ0n) is 13.6. The summed E-state index contributed by atoms with van der Waals surface area (Å²) in [5, 5.41) is 32.9. The number of nitrogen functional groups attached to an aromatic ring is 1. The van der Waals surface area contributed by atoms with E-state index in [0.717, 1.165) is 5.56 Å². The van der Waals surface area contributed by atoms with Crippen LogP contribution in [0.5, 0.6) is 0 Å². The molecule has 3 rings (SSSR count). The van der Waals surface area contributed by atoms with Gasteiger partial charge in [-0.1, -0.05) is 35.5 Å². The lowest BCUT2D eigenvalue weighted by Crippen LogP contribution is -2.45. The maximum atomic E-state index is 10.6. The number of aliphatic hydroxyl groups excluding tert-OH is 2. The Balaban J connectivity index is 1.91. The van der Waals surface area contributed by atoms with Gasteiger partial charge in [0.1, 0.15) is 41.4 Å². The molecule has 2 aromatic rings. The quantitative estimate of drug-likeness (QED) is 0.727. The number of aromatic nitrogens is 1. The topological polar surface area (TPSA) is 135 Å². The van der Waals surface area contributed by atoms with Gasteiger partial charge in [0.2, 0.25) is 0 Å². The standard InChI is InChI=1S/C17H19N3O5/c1-17(23-9-10-5-3-2-4-6-10)15(22)12(8-21)24-16(17)14-13(19)11(7-18)25-20-14/h2-6,12,15-16,21-22H,8-9,19H2,1H3/t12?,15-,16+,17-/m1/s1. The van der Waals surface area contributed by atoms with Crippen molar-refractivity contribution in [2.24, 2.45) is 0 Å². The van der Waals surface area contributed by atoms with E-state index in [-0.39, 0.29) is 23.7 Å². The van der Waals surface area contributed by atoms with Crippen LogP contribution in [0, 0.1) is 11.3 Å². The fourth-order valence-corrected chi connectivity index (χ4v) is 2.94. The maximum Gasteiger partial charge on any atom is 0.259 e. The van der Waals surface area contributed by atoms with E-state index in [0.29, 0.717) is 0 Å². The van der Waals surface area contributed by atoms with Crippen LogP contribution in [0.4, 0.5) is 5.69 Å². The molecule has 8 heteroatoms. The molecule has 1 aliphatic rings. The fourth-order valence-electron chi connectivity index (χ4n) is 2.94. The van der Waals surface area contributed by atoms with E-state index >= 15 is 0 Å². The van der Waals surface area contributed by atoms with Gasteiger partial charge < -0.3 is 29.9 Å². The van der Waals surface area contributed by atoms with Crippen LogP contribution in [0.25, 0.3) is 0 Å². The molecule has 0 saturated carbocycles. The van der Waals surface area contributed by atoms with Gasteiger partial charge in [0.15, 0.2) is 0 Å². The first kappa shape index (κ1) is 17.4. The highest BCUT2D eigenvalue weighted by molar-refractivity contribution is 5.53. The lowest BCUT2D eigenvalue weighted by Gasteiger charge is -2.32. The highest BCUT2D eigenvalue weighted by Gasteiger charge is 2.56. The number of hydrogen-bond donors (Lipinski definition) is 3. The molecular weight excluding hydrogens is 326 g/mol. The molecule has 2 heterocycles. The minimum Gasteiger partial charge on any atom is -0.394 e. The first-order valence-electron chi connectivity index (χ1n) is 7.78. The molecule has 0 aliphatic carbocycles. The minimum atomic E-state index is -1.24. The molecule has 8 nitrogen and oxygen atoms in total. The van der Waals surface area contributed by atoms with E-state index < -0.39 is 30.5 Å². The van der Waals surface area contributed by atoms with Gasteiger partial charge >= 0.3 is 0 Å². The van der Waals surface area contributed by atoms with Gasteiger partial charge in [-0.2, -0.15) is 5.26 Å². The second kappa shape index (κ2) is 6.82. The van der Waals surface area contributed by atoms with E-state index in [4.69, 9.17) is 25.0 Å². The fraction of sp³-hybridized carbons (Fsp3) is 0.412. The lowest BCUT2D eigenvalue weighted by molar-refractivity contribution is -0.127. The highest BCUT2D eigenvalue weighted by atomic mass is 16.6. The summed E-state index contributed by atoms with van der Waals surface area (Å²) in [7, 11) is 0. The van der Waals surface area contributed by atoms with Crippen LogP contribution in [0.3, 0.4) is 0 Å². The number of hydrogen-bond acceptors (Lipinski definition) is 8. The normalized spacial score (nSPS) is 28.8. The van der Waals surface area contributed by atoms with Crippen molar-refractivity contribution < 1.29 is 24.2 Å². The zero-order chi connectivity index (χ0) is 18.0. The Morgan fingerprint density at radius 2 is 2.12 bits per heavy atom. The predicted octanol–water partition coefficient (Wildman–Crippen LogP) is 0.897. The van der Waals surface area contributed by atoms with Gasteiger partial charge in [-0.05, 0) is 12.5 Å². The van der Waals surface area contributed by atoms with Crippen LogP contribution in [0.2, 0.25) is 0 Å². The van der Waals surface area contributed by atoms with E-state index in [9.17, 15) is 10.2 Å². The summed E-state index contributed by atoms with van der Waals surface area (Å²) < 4.78 is 16.6. The summed E-state index contributed by atoms with van der Waals surface area (Å²) in [6.07, 6.45) is -2.88. The van der Waals surface area contributed by atoms with Gasteiger partial charge in [-0.15, -0.1) is 0 Å². The van der Waals surface area contributed by atoms with Crippen molar-refractivity contribution in [2.45, 2.75) is 37.4 Å². The molecule has 1 aliphatic heterocycles. The number of nitrogens with two attached hydrogens (primary N) is 1. The Bertz CT molecular complexity index is 772. The molecule has 0 spiro atoms. The van der Waals surface area contributed by atoms with Crippen molar-refractivity contribution >= 4 is 5.69 Å². The molecule has 0 amide bonds. The molecule has 0 radical (unpaired) electrons. The molecule has 4 N–H and O–H groups in total. The predicted molar refractivity (Wildman–Crippen MR) is 86.0 cm³/mol. The van der Waals surface area contributed by atoms with Crippen LogP contribution >= 0.6 is 0 Å². The third kappa shape index (κ3) is 2.99. The third-order valence-electron chi connectivity index (χ3n) is 4.45. The van der Waals surface area contributed by atoms with Crippen molar-refractivity contribution in [1.29, 1.82) is 5.26 Å². The first-order chi connectivity index (χ1) is 12.0. The van der Waals surface area contributed by atoms with E-state index in [2.05, 4.69) is 5.16 Å². The van der Waals surface area contributed by atoms with Crippen molar-refractivity contribution in [3.8, 4) is 6.07 Å². The highest BCUT2D eigenvalue weighted by Crippen LogP contribution is 2.46. The molecular formula is C17H19N3O5. The second-order valence-corrected chi connectivity index (χ2v) is 6.06. The molecule has 0 bridgehead atoms. The van der Waals surface area contributed by atoms with E-state index in [1.165, 1.54) is 0 Å². The van der Waals surface area contributed by atoms with Crippen LogP contribution in [-0.2, 0) is 16.1 Å². The Morgan fingerprint density at radius 3 is 2.72 bits per heavy atom. The van der Waals surface area contributed by atoms with Gasteiger partial charge in [0.05, 0.1) is 13.2 Å². The van der Waals surface area contributed by atoms with E-state index in [1.807, 2.05) is 30.3 Å². The monoisotopic (exact) mass is 345 g/mol. The largest absolute Gasteiger partial charge is 0.394 e. The Morgan fingerprint density at radius 1 is 1.40 bits per heavy atom. The Hall–Kier alpha value is -2.44. The molecule has 1 saturated heterocycles. The van der Waals surface area contributed by atoms with Crippen molar-refractivity contribution in [3.63, 3.8) is 0 Å². The van der Waals surface area contributed by atoms with Gasteiger partial charge in [-0.25, -0.2) is 0 Å². The Kier molecular flexibility index (Phi) is 4.74. The van der Waals surface area contributed by atoms with Gasteiger partial charge in [0.25, 0.3) is 5.76 Å². The Labute approximate surface area is 144 Å². The number of nitriles is 1. The second-order valence-electron chi connectivity index (χ2n) is 6.06. The van der Waals surface area contributed by atoms with Crippen molar-refractivity contribution in [3.05, 3.63) is 47.3 Å². The smallest absolute Gasteiger partial charge is 0.259 e. The first-order valence-corrected chi connectivity index (χ1v) is 7.78. The maximum absolute atomic E-state index is 10.6. The minimum absolute atomic E-state index is 0.0350. The molecule has 1 unspecified atom stereocenters. The summed E-state index contributed by atoms with van der Waals surface area (Å²) in [6.45, 7) is 1.47. The summed E-state index contributed by atoms with van der Waals surface area (Å²) in [5.74, 6) is -0.133. The van der Waals surface area contributed by atoms with E-state index in [1.54, 1.807) is 13.0 Å². The van der Waals surface area contributed by atoms with Crippen LogP contribution in [0.1, 0.15) is 30.0 Å². The molecule has 1 fully saturated rings. The summed E-state index contributed by atoms with van der Waals surface area (Å²) >= 11 is 0. The zero-order valence-corrected chi connectivity index (χ0v) is 13.6. The number of nitrogens with zero attached hydrogens (tertiary/aromatic N) is 2. The number of aliphatic hydroxyl groups is 2. The molecule has 1 aromatic carbocycles.